The van der Waals surface area contributed by atoms with Gasteiger partial charge in [0.2, 0.25) is 5.91 Å². The molecule has 0 aliphatic carbocycles. The Morgan fingerprint density at radius 3 is 1.51 bits per heavy atom. The number of hydrogen-bond acceptors (Lipinski definition) is 8. The fourth-order valence-corrected chi connectivity index (χ4v) is 7.36. The van der Waals surface area contributed by atoms with Crippen LogP contribution in [-0.2, 0) is 14.3 Å². The van der Waals surface area contributed by atoms with Crippen LogP contribution in [0, 0.1) is 0 Å². The summed E-state index contributed by atoms with van der Waals surface area (Å²) < 4.78 is 11.2. The summed E-state index contributed by atoms with van der Waals surface area (Å²) in [4.78, 5) is 13.0. The van der Waals surface area contributed by atoms with E-state index in [1.165, 1.54) is 89.9 Å². The summed E-state index contributed by atoms with van der Waals surface area (Å²) in [6.07, 6.45) is 49.4. The highest BCUT2D eigenvalue weighted by Gasteiger charge is 2.44. The van der Waals surface area contributed by atoms with Crippen molar-refractivity contribution in [3.8, 4) is 0 Å². The van der Waals surface area contributed by atoms with E-state index >= 15 is 0 Å². The molecule has 7 atom stereocenters. The largest absolute Gasteiger partial charge is 0.394 e. The number of nitrogens with one attached hydrogen (secondary N) is 1. The van der Waals surface area contributed by atoms with E-state index in [0.717, 1.165) is 83.5 Å². The van der Waals surface area contributed by atoms with Crippen LogP contribution in [0.2, 0.25) is 0 Å². The van der Waals surface area contributed by atoms with Gasteiger partial charge in [-0.2, -0.15) is 0 Å². The maximum absolute atomic E-state index is 13.0. The highest BCUT2D eigenvalue weighted by molar-refractivity contribution is 5.76. The molecule has 9 heteroatoms. The van der Waals surface area contributed by atoms with Gasteiger partial charge in [-0.1, -0.05) is 196 Å². The van der Waals surface area contributed by atoms with Gasteiger partial charge in [0.05, 0.1) is 25.4 Å². The van der Waals surface area contributed by atoms with Crippen molar-refractivity contribution in [1.29, 1.82) is 0 Å². The number of rotatable bonds is 40. The molecule has 1 rings (SSSR count). The van der Waals surface area contributed by atoms with Gasteiger partial charge >= 0.3 is 0 Å². The predicted molar refractivity (Wildman–Crippen MR) is 253 cm³/mol. The van der Waals surface area contributed by atoms with Crippen molar-refractivity contribution in [2.75, 3.05) is 13.2 Å². The van der Waals surface area contributed by atoms with Crippen molar-refractivity contribution in [2.45, 2.75) is 236 Å². The van der Waals surface area contributed by atoms with Crippen LogP contribution >= 0.6 is 0 Å². The molecule has 0 aromatic carbocycles. The molecule has 0 bridgehead atoms. The van der Waals surface area contributed by atoms with Crippen LogP contribution in [0.25, 0.3) is 0 Å². The van der Waals surface area contributed by atoms with E-state index < -0.39 is 49.5 Å². The lowest BCUT2D eigenvalue weighted by molar-refractivity contribution is -0.302. The van der Waals surface area contributed by atoms with Crippen molar-refractivity contribution in [3.63, 3.8) is 0 Å². The second-order valence-corrected chi connectivity index (χ2v) is 16.9. The summed E-state index contributed by atoms with van der Waals surface area (Å²) in [6.45, 7) is 3.64. The Morgan fingerprint density at radius 1 is 0.574 bits per heavy atom. The lowest BCUT2D eigenvalue weighted by Gasteiger charge is -2.40. The van der Waals surface area contributed by atoms with Crippen molar-refractivity contribution >= 4 is 5.91 Å². The molecule has 0 radical (unpaired) electrons. The Hall–Kier alpha value is -2.37. The van der Waals surface area contributed by atoms with E-state index in [4.69, 9.17) is 9.47 Å². The fourth-order valence-electron chi connectivity index (χ4n) is 7.36. The van der Waals surface area contributed by atoms with Crippen LogP contribution < -0.4 is 5.32 Å². The van der Waals surface area contributed by atoms with Crippen LogP contribution in [0.1, 0.15) is 194 Å². The molecule has 352 valence electrons. The first-order valence-electron chi connectivity index (χ1n) is 24.7. The van der Waals surface area contributed by atoms with Crippen LogP contribution in [0.15, 0.2) is 72.9 Å². The standard InChI is InChI=1S/C52H91NO8/c1-3-5-7-9-11-13-15-17-18-19-20-21-22-23-24-25-26-27-28-30-32-34-36-38-40-42-48(56)53-45(44-60-52-51(59)50(58)49(57)47(43-54)61-52)46(55)41-39-37-35-33-31-29-16-14-12-10-8-6-4-2/h5,7,11,13,17-18,20-21,23-24,39,41,45-47,49-52,54-55,57-59H,3-4,6,8-10,12,14-16,19,22,25-38,40,42-44H2,1-2H3,(H,53,56)/b7-5-,13-11-,18-17-,21-20-,24-23-,41-39+. The van der Waals surface area contributed by atoms with Crippen LogP contribution in [0.5, 0.6) is 0 Å². The third-order valence-corrected chi connectivity index (χ3v) is 11.3. The number of ether oxygens (including phenoxy) is 2. The maximum atomic E-state index is 13.0. The molecule has 0 saturated carbocycles. The van der Waals surface area contributed by atoms with E-state index in [9.17, 15) is 30.3 Å². The normalized spacial score (nSPS) is 21.1. The summed E-state index contributed by atoms with van der Waals surface area (Å²) in [5, 5.41) is 54.2. The summed E-state index contributed by atoms with van der Waals surface area (Å²) >= 11 is 0. The summed E-state index contributed by atoms with van der Waals surface area (Å²) in [6, 6.07) is -0.811. The molecule has 1 amide bonds. The zero-order valence-corrected chi connectivity index (χ0v) is 38.6. The van der Waals surface area contributed by atoms with Crippen molar-refractivity contribution in [3.05, 3.63) is 72.9 Å². The minimum atomic E-state index is -1.57. The Balaban J connectivity index is 2.28. The molecule has 1 aliphatic rings. The number of carbonyl (C=O) groups is 1. The summed E-state index contributed by atoms with van der Waals surface area (Å²) in [5.74, 6) is -0.187. The molecule has 1 heterocycles. The second kappa shape index (κ2) is 41.6. The fraction of sp³-hybridized carbons (Fsp3) is 0.750. The van der Waals surface area contributed by atoms with Gasteiger partial charge in [-0.15, -0.1) is 0 Å². The molecule has 7 unspecified atom stereocenters. The predicted octanol–water partition coefficient (Wildman–Crippen LogP) is 10.9. The van der Waals surface area contributed by atoms with Gasteiger partial charge < -0.3 is 40.3 Å². The molecule has 9 nitrogen and oxygen atoms in total. The van der Waals surface area contributed by atoms with E-state index in [1.807, 2.05) is 6.08 Å². The van der Waals surface area contributed by atoms with E-state index in [2.05, 4.69) is 79.9 Å². The number of carbonyl (C=O) groups excluding carboxylic acids is 1. The number of unbranched alkanes of at least 4 members (excludes halogenated alkanes) is 20. The van der Waals surface area contributed by atoms with Gasteiger partial charge in [0, 0.05) is 6.42 Å². The Morgan fingerprint density at radius 2 is 1.02 bits per heavy atom. The van der Waals surface area contributed by atoms with Crippen LogP contribution in [0.3, 0.4) is 0 Å². The molecule has 0 aromatic heterocycles. The molecular weight excluding hydrogens is 767 g/mol. The minimum Gasteiger partial charge on any atom is -0.394 e. The summed E-state index contributed by atoms with van der Waals surface area (Å²) in [7, 11) is 0. The van der Waals surface area contributed by atoms with Crippen LogP contribution in [-0.4, -0.2) is 87.5 Å². The maximum Gasteiger partial charge on any atom is 0.220 e. The SMILES string of the molecule is CC/C=C\C/C=C\C/C=C\C/C=C\C/C=C\CCCCCCCCCCCC(=O)NC(COC1OC(CO)C(O)C(O)C1O)C(O)/C=C/CCCCCCCCCCCCC. The first kappa shape index (κ1) is 56.6. The number of amides is 1. The van der Waals surface area contributed by atoms with Crippen molar-refractivity contribution < 1.29 is 39.8 Å². The minimum absolute atomic E-state index is 0.187. The Bertz CT molecular complexity index is 1180. The number of allylic oxidation sites excluding steroid dienone is 11. The summed E-state index contributed by atoms with van der Waals surface area (Å²) in [5.41, 5.74) is 0. The van der Waals surface area contributed by atoms with Gasteiger partial charge in [0.25, 0.3) is 0 Å². The first-order valence-corrected chi connectivity index (χ1v) is 24.7. The van der Waals surface area contributed by atoms with Crippen LogP contribution in [0.4, 0.5) is 0 Å². The zero-order chi connectivity index (χ0) is 44.4. The van der Waals surface area contributed by atoms with Gasteiger partial charge in [-0.25, -0.2) is 0 Å². The average molecular weight is 858 g/mol. The molecule has 0 aromatic rings. The number of aliphatic hydroxyl groups excluding tert-OH is 5. The first-order chi connectivity index (χ1) is 29.8. The number of hydrogen-bond donors (Lipinski definition) is 6. The van der Waals surface area contributed by atoms with Gasteiger partial charge in [-0.05, 0) is 64.2 Å². The molecule has 1 saturated heterocycles. The Labute approximate surface area is 372 Å². The van der Waals surface area contributed by atoms with E-state index in [-0.39, 0.29) is 12.5 Å². The van der Waals surface area contributed by atoms with Gasteiger partial charge in [-0.3, -0.25) is 4.79 Å². The quantitative estimate of drug-likeness (QED) is 0.0264. The molecule has 1 aliphatic heterocycles. The molecule has 61 heavy (non-hydrogen) atoms. The molecule has 0 spiro atoms. The van der Waals surface area contributed by atoms with Crippen molar-refractivity contribution in [2.24, 2.45) is 0 Å². The van der Waals surface area contributed by atoms with Crippen molar-refractivity contribution in [1.82, 2.24) is 5.32 Å². The van der Waals surface area contributed by atoms with Gasteiger partial charge in [0.15, 0.2) is 6.29 Å². The zero-order valence-electron chi connectivity index (χ0n) is 38.6. The lowest BCUT2D eigenvalue weighted by Crippen LogP contribution is -2.60. The van der Waals surface area contributed by atoms with E-state index in [1.54, 1.807) is 6.08 Å². The third kappa shape index (κ3) is 32.0. The smallest absolute Gasteiger partial charge is 0.220 e. The molecule has 6 N–H and O–H groups in total. The number of aliphatic hydroxyl groups is 5. The second-order valence-electron chi connectivity index (χ2n) is 16.9. The Kier molecular flexibility index (Phi) is 38.7. The highest BCUT2D eigenvalue weighted by Crippen LogP contribution is 2.22. The highest BCUT2D eigenvalue weighted by atomic mass is 16.7. The lowest BCUT2D eigenvalue weighted by atomic mass is 9.99. The third-order valence-electron chi connectivity index (χ3n) is 11.3. The molecular formula is C52H91NO8. The topological polar surface area (TPSA) is 149 Å². The average Bonchev–Trinajstić information content (AvgIpc) is 3.26. The monoisotopic (exact) mass is 858 g/mol. The molecule has 1 fully saturated rings. The van der Waals surface area contributed by atoms with Gasteiger partial charge in [0.1, 0.15) is 24.4 Å². The van der Waals surface area contributed by atoms with E-state index in [0.29, 0.717) is 6.42 Å².